The Kier molecular flexibility index (Phi) is 7.47. The molecule has 3 aliphatic rings. The predicted molar refractivity (Wildman–Crippen MR) is 121 cm³/mol. The van der Waals surface area contributed by atoms with Gasteiger partial charge in [0.1, 0.15) is 11.6 Å². The molecule has 3 heterocycles. The van der Waals surface area contributed by atoms with Crippen molar-refractivity contribution in [2.75, 3.05) is 26.2 Å². The molecule has 3 N–H and O–H groups in total. The maximum Gasteiger partial charge on any atom is 0.322 e. The maximum absolute atomic E-state index is 13.6. The summed E-state index contributed by atoms with van der Waals surface area (Å²) in [5, 5.41) is 8.40. The van der Waals surface area contributed by atoms with E-state index in [-0.39, 0.29) is 35.6 Å². The third-order valence-electron chi connectivity index (χ3n) is 7.08. The minimum Gasteiger partial charge on any atom is -0.341 e. The van der Waals surface area contributed by atoms with Crippen LogP contribution in [0.4, 0.5) is 4.79 Å². The number of imide groups is 1. The van der Waals surface area contributed by atoms with Crippen molar-refractivity contribution in [1.82, 2.24) is 25.8 Å². The van der Waals surface area contributed by atoms with E-state index in [1.807, 2.05) is 4.90 Å². The number of piperidine rings is 1. The van der Waals surface area contributed by atoms with Crippen LogP contribution in [0.25, 0.3) is 0 Å². The number of nitrogens with one attached hydrogen (secondary N) is 3. The summed E-state index contributed by atoms with van der Waals surface area (Å²) >= 11 is 0. The minimum absolute atomic E-state index is 0.000703. The molecule has 0 aliphatic carbocycles. The van der Waals surface area contributed by atoms with Gasteiger partial charge in [-0.25, -0.2) is 4.79 Å². The van der Waals surface area contributed by atoms with E-state index in [9.17, 15) is 19.2 Å². The number of nitrogens with zero attached hydrogens (tertiary/aromatic N) is 2. The number of amides is 5. The van der Waals surface area contributed by atoms with Gasteiger partial charge in [-0.15, -0.1) is 0 Å². The second kappa shape index (κ2) is 9.77. The molecule has 0 aromatic heterocycles. The highest BCUT2D eigenvalue weighted by atomic mass is 16.2. The SMILES string of the molecule is CC(C)CC(C(=O)N1CCC([C@]2(C)NC(=O)NC2=O)CC1)N1CCN[C@@H](CC(C)C)C1=O. The Labute approximate surface area is 191 Å². The lowest BCUT2D eigenvalue weighted by atomic mass is 9.79. The van der Waals surface area contributed by atoms with Crippen molar-refractivity contribution in [2.45, 2.75) is 77.9 Å². The van der Waals surface area contributed by atoms with Crippen LogP contribution in [0, 0.1) is 17.8 Å². The van der Waals surface area contributed by atoms with Gasteiger partial charge in [0.2, 0.25) is 11.8 Å². The van der Waals surface area contributed by atoms with E-state index in [0.717, 1.165) is 6.42 Å². The summed E-state index contributed by atoms with van der Waals surface area (Å²) in [6.07, 6.45) is 2.66. The molecule has 9 heteroatoms. The summed E-state index contributed by atoms with van der Waals surface area (Å²) in [5.74, 6) is 0.371. The number of likely N-dealkylation sites (tertiary alicyclic amines) is 1. The Morgan fingerprint density at radius 2 is 1.72 bits per heavy atom. The largest absolute Gasteiger partial charge is 0.341 e. The maximum atomic E-state index is 13.6. The van der Waals surface area contributed by atoms with Gasteiger partial charge in [0.15, 0.2) is 0 Å². The topological polar surface area (TPSA) is 111 Å². The van der Waals surface area contributed by atoms with E-state index < -0.39 is 17.6 Å². The average molecular weight is 450 g/mol. The van der Waals surface area contributed by atoms with Gasteiger partial charge in [0.25, 0.3) is 5.91 Å². The fraction of sp³-hybridized carbons (Fsp3) is 0.826. The Balaban J connectivity index is 1.68. The van der Waals surface area contributed by atoms with Crippen LogP contribution in [0.15, 0.2) is 0 Å². The molecule has 0 saturated carbocycles. The van der Waals surface area contributed by atoms with Gasteiger partial charge < -0.3 is 20.4 Å². The number of hydrogen-bond acceptors (Lipinski definition) is 5. The average Bonchev–Trinajstić information content (AvgIpc) is 2.99. The second-order valence-electron chi connectivity index (χ2n) is 10.5. The molecular weight excluding hydrogens is 410 g/mol. The fourth-order valence-electron chi connectivity index (χ4n) is 5.26. The van der Waals surface area contributed by atoms with Crippen molar-refractivity contribution in [2.24, 2.45) is 17.8 Å². The minimum atomic E-state index is -0.928. The van der Waals surface area contributed by atoms with Crippen LogP contribution in [0.1, 0.15) is 60.3 Å². The van der Waals surface area contributed by atoms with Crippen LogP contribution in [0.5, 0.6) is 0 Å². The van der Waals surface area contributed by atoms with Gasteiger partial charge in [0, 0.05) is 26.2 Å². The smallest absolute Gasteiger partial charge is 0.322 e. The molecule has 3 saturated heterocycles. The van der Waals surface area contributed by atoms with E-state index in [1.165, 1.54) is 0 Å². The Morgan fingerprint density at radius 3 is 2.25 bits per heavy atom. The molecule has 0 aromatic carbocycles. The lowest BCUT2D eigenvalue weighted by molar-refractivity contribution is -0.150. The van der Waals surface area contributed by atoms with Gasteiger partial charge in [-0.05, 0) is 50.4 Å². The first kappa shape index (κ1) is 24.5. The second-order valence-corrected chi connectivity index (χ2v) is 10.5. The van der Waals surface area contributed by atoms with Crippen LogP contribution in [-0.4, -0.2) is 77.4 Å². The van der Waals surface area contributed by atoms with E-state index in [4.69, 9.17) is 0 Å². The lowest BCUT2D eigenvalue weighted by Gasteiger charge is -2.43. The molecule has 0 aromatic rings. The first-order valence-corrected chi connectivity index (χ1v) is 12.0. The number of piperazine rings is 1. The quantitative estimate of drug-likeness (QED) is 0.504. The molecule has 3 aliphatic heterocycles. The molecule has 9 nitrogen and oxygen atoms in total. The van der Waals surface area contributed by atoms with Crippen LogP contribution >= 0.6 is 0 Å². The molecule has 3 atom stereocenters. The molecule has 32 heavy (non-hydrogen) atoms. The zero-order valence-electron chi connectivity index (χ0n) is 20.1. The summed E-state index contributed by atoms with van der Waals surface area (Å²) in [4.78, 5) is 54.3. The first-order chi connectivity index (χ1) is 15.0. The van der Waals surface area contributed by atoms with Crippen molar-refractivity contribution in [3.63, 3.8) is 0 Å². The molecule has 5 amide bonds. The molecular formula is C23H39N5O4. The Bertz CT molecular complexity index is 747. The molecule has 3 fully saturated rings. The standard InChI is InChI=1S/C23H39N5O4/c1-14(2)12-17-19(29)28(11-8-24-17)18(13-15(3)4)20(30)27-9-6-16(7-10-27)23(5)21(31)25-22(32)26-23/h14-18,24H,6-13H2,1-5H3,(H2,25,26,31,32)/t17-,18?,23-/m0/s1. The van der Waals surface area contributed by atoms with E-state index >= 15 is 0 Å². The van der Waals surface area contributed by atoms with Gasteiger partial charge >= 0.3 is 6.03 Å². The van der Waals surface area contributed by atoms with Crippen molar-refractivity contribution >= 4 is 23.8 Å². The van der Waals surface area contributed by atoms with E-state index in [0.29, 0.717) is 51.4 Å². The van der Waals surface area contributed by atoms with Gasteiger partial charge in [-0.3, -0.25) is 19.7 Å². The number of urea groups is 1. The van der Waals surface area contributed by atoms with Crippen molar-refractivity contribution in [3.8, 4) is 0 Å². The molecule has 1 unspecified atom stereocenters. The Hall–Kier alpha value is -2.16. The van der Waals surface area contributed by atoms with Crippen molar-refractivity contribution in [3.05, 3.63) is 0 Å². The summed E-state index contributed by atoms with van der Waals surface area (Å²) in [6, 6.07) is -1.15. The van der Waals surface area contributed by atoms with Gasteiger partial charge in [0.05, 0.1) is 6.04 Å². The number of rotatable bonds is 7. The number of carbonyl (C=O) groups is 4. The Morgan fingerprint density at radius 1 is 1.06 bits per heavy atom. The first-order valence-electron chi connectivity index (χ1n) is 12.0. The fourth-order valence-corrected chi connectivity index (χ4v) is 5.26. The van der Waals surface area contributed by atoms with Crippen LogP contribution < -0.4 is 16.0 Å². The zero-order valence-corrected chi connectivity index (χ0v) is 20.1. The lowest BCUT2D eigenvalue weighted by Crippen LogP contribution is -2.62. The third kappa shape index (κ3) is 5.08. The van der Waals surface area contributed by atoms with Crippen LogP contribution in [-0.2, 0) is 14.4 Å². The van der Waals surface area contributed by atoms with E-state index in [2.05, 4.69) is 43.6 Å². The number of hydrogen-bond donors (Lipinski definition) is 3. The molecule has 3 rings (SSSR count). The molecule has 0 radical (unpaired) electrons. The zero-order chi connectivity index (χ0) is 23.6. The highest BCUT2D eigenvalue weighted by Crippen LogP contribution is 2.31. The van der Waals surface area contributed by atoms with Gasteiger partial charge in [-0.2, -0.15) is 0 Å². The summed E-state index contributed by atoms with van der Waals surface area (Å²) in [6.45, 7) is 12.4. The van der Waals surface area contributed by atoms with Gasteiger partial charge in [-0.1, -0.05) is 27.7 Å². The molecule has 180 valence electrons. The van der Waals surface area contributed by atoms with Crippen LogP contribution in [0.2, 0.25) is 0 Å². The highest BCUT2D eigenvalue weighted by Gasteiger charge is 2.49. The van der Waals surface area contributed by atoms with E-state index in [1.54, 1.807) is 11.8 Å². The highest BCUT2D eigenvalue weighted by molar-refractivity contribution is 6.07. The summed E-state index contributed by atoms with van der Waals surface area (Å²) in [7, 11) is 0. The van der Waals surface area contributed by atoms with Crippen molar-refractivity contribution in [1.29, 1.82) is 0 Å². The molecule has 0 bridgehead atoms. The predicted octanol–water partition coefficient (Wildman–Crippen LogP) is 1.08. The summed E-state index contributed by atoms with van der Waals surface area (Å²) < 4.78 is 0. The number of carbonyl (C=O) groups excluding carboxylic acids is 4. The monoisotopic (exact) mass is 449 g/mol. The van der Waals surface area contributed by atoms with Crippen LogP contribution in [0.3, 0.4) is 0 Å². The third-order valence-corrected chi connectivity index (χ3v) is 7.08. The summed E-state index contributed by atoms with van der Waals surface area (Å²) in [5.41, 5.74) is -0.928. The van der Waals surface area contributed by atoms with Crippen molar-refractivity contribution < 1.29 is 19.2 Å². The molecule has 0 spiro atoms. The normalized spacial score (nSPS) is 28.3.